The van der Waals surface area contributed by atoms with Crippen LogP contribution in [0.4, 0.5) is 0 Å². The van der Waals surface area contributed by atoms with E-state index in [0.717, 1.165) is 29.5 Å². The first-order valence-electron chi connectivity index (χ1n) is 7.67. The number of rotatable bonds is 5. The number of amides is 1. The summed E-state index contributed by atoms with van der Waals surface area (Å²) in [6.45, 7) is -0.0260. The molecule has 2 aromatic rings. The summed E-state index contributed by atoms with van der Waals surface area (Å²) < 4.78 is 33.4. The van der Waals surface area contributed by atoms with Gasteiger partial charge in [0.25, 0.3) is 5.91 Å². The van der Waals surface area contributed by atoms with Gasteiger partial charge in [-0.1, -0.05) is 12.8 Å². The van der Waals surface area contributed by atoms with Gasteiger partial charge in [-0.3, -0.25) is 9.52 Å². The standard InChI is InChI=1S/C16H20N2O4S/c1-22-13-6-7-15-12(10-13)8-9-18(15)11-16(19)17-23(20,21)14-4-2-3-5-14/h6-10,14H,2-5,11H2,1H3,(H,17,19). The summed E-state index contributed by atoms with van der Waals surface area (Å²) in [5.41, 5.74) is 0.860. The van der Waals surface area contributed by atoms with E-state index in [4.69, 9.17) is 4.74 Å². The quantitative estimate of drug-likeness (QED) is 0.906. The Morgan fingerprint density at radius 3 is 2.74 bits per heavy atom. The van der Waals surface area contributed by atoms with Gasteiger partial charge in [-0.15, -0.1) is 0 Å². The van der Waals surface area contributed by atoms with Crippen LogP contribution in [0.25, 0.3) is 10.9 Å². The molecule has 1 saturated carbocycles. The van der Waals surface area contributed by atoms with Crippen molar-refractivity contribution in [2.24, 2.45) is 0 Å². The number of aromatic nitrogens is 1. The average molecular weight is 336 g/mol. The van der Waals surface area contributed by atoms with Gasteiger partial charge >= 0.3 is 0 Å². The topological polar surface area (TPSA) is 77.4 Å². The molecule has 1 aliphatic carbocycles. The largest absolute Gasteiger partial charge is 0.497 e. The van der Waals surface area contributed by atoms with Crippen molar-refractivity contribution in [3.63, 3.8) is 0 Å². The lowest BCUT2D eigenvalue weighted by Gasteiger charge is -2.13. The van der Waals surface area contributed by atoms with Crippen LogP contribution in [0.1, 0.15) is 25.7 Å². The van der Waals surface area contributed by atoms with E-state index in [1.807, 2.05) is 24.3 Å². The molecule has 1 aromatic carbocycles. The van der Waals surface area contributed by atoms with Gasteiger partial charge in [0.05, 0.1) is 12.4 Å². The molecule has 1 N–H and O–H groups in total. The number of sulfonamides is 1. The van der Waals surface area contributed by atoms with E-state index in [1.165, 1.54) is 0 Å². The second kappa shape index (κ2) is 6.23. The van der Waals surface area contributed by atoms with E-state index >= 15 is 0 Å². The third-order valence-corrected chi connectivity index (χ3v) is 6.15. The Morgan fingerprint density at radius 2 is 2.04 bits per heavy atom. The number of fused-ring (bicyclic) bond motifs is 1. The van der Waals surface area contributed by atoms with E-state index < -0.39 is 21.2 Å². The molecular weight excluding hydrogens is 316 g/mol. The van der Waals surface area contributed by atoms with Crippen molar-refractivity contribution in [1.29, 1.82) is 0 Å². The van der Waals surface area contributed by atoms with E-state index in [1.54, 1.807) is 17.9 Å². The summed E-state index contributed by atoms with van der Waals surface area (Å²) >= 11 is 0. The highest BCUT2D eigenvalue weighted by molar-refractivity contribution is 7.90. The molecule has 0 aliphatic heterocycles. The summed E-state index contributed by atoms with van der Waals surface area (Å²) in [7, 11) is -1.96. The fraction of sp³-hybridized carbons (Fsp3) is 0.438. The van der Waals surface area contributed by atoms with Crippen LogP contribution < -0.4 is 9.46 Å². The molecule has 1 aliphatic rings. The molecule has 23 heavy (non-hydrogen) atoms. The maximum atomic E-state index is 12.2. The predicted molar refractivity (Wildman–Crippen MR) is 87.8 cm³/mol. The number of hydrogen-bond donors (Lipinski definition) is 1. The van der Waals surface area contributed by atoms with Crippen LogP contribution in [0.2, 0.25) is 0 Å². The van der Waals surface area contributed by atoms with Gasteiger partial charge in [0.15, 0.2) is 0 Å². The fourth-order valence-electron chi connectivity index (χ4n) is 3.07. The average Bonchev–Trinajstić information content (AvgIpc) is 3.16. The van der Waals surface area contributed by atoms with Gasteiger partial charge in [0.2, 0.25) is 10.0 Å². The van der Waals surface area contributed by atoms with Gasteiger partial charge in [0, 0.05) is 17.1 Å². The van der Waals surface area contributed by atoms with Crippen molar-refractivity contribution in [2.45, 2.75) is 37.5 Å². The third-order valence-electron chi connectivity index (χ3n) is 4.29. The Balaban J connectivity index is 1.73. The van der Waals surface area contributed by atoms with Crippen LogP contribution in [-0.2, 0) is 21.4 Å². The van der Waals surface area contributed by atoms with E-state index in [9.17, 15) is 13.2 Å². The highest BCUT2D eigenvalue weighted by atomic mass is 32.2. The maximum Gasteiger partial charge on any atom is 0.253 e. The summed E-state index contributed by atoms with van der Waals surface area (Å²) in [6.07, 6.45) is 4.85. The molecule has 0 bridgehead atoms. The van der Waals surface area contributed by atoms with Crippen LogP contribution in [-0.4, -0.2) is 31.3 Å². The van der Waals surface area contributed by atoms with Crippen molar-refractivity contribution >= 4 is 26.8 Å². The lowest BCUT2D eigenvalue weighted by Crippen LogP contribution is -2.38. The molecule has 3 rings (SSSR count). The Hall–Kier alpha value is -2.02. The first-order chi connectivity index (χ1) is 11.0. The first-order valence-corrected chi connectivity index (χ1v) is 9.21. The molecule has 0 unspecified atom stereocenters. The maximum absolute atomic E-state index is 12.2. The minimum absolute atomic E-state index is 0.0260. The fourth-order valence-corrected chi connectivity index (χ4v) is 4.57. The summed E-state index contributed by atoms with van der Waals surface area (Å²) in [5, 5.41) is 0.507. The molecule has 0 saturated heterocycles. The molecule has 1 heterocycles. The molecule has 1 fully saturated rings. The van der Waals surface area contributed by atoms with E-state index in [-0.39, 0.29) is 6.54 Å². The predicted octanol–water partition coefficient (Wildman–Crippen LogP) is 2.04. The van der Waals surface area contributed by atoms with E-state index in [0.29, 0.717) is 12.8 Å². The number of hydrogen-bond acceptors (Lipinski definition) is 4. The molecule has 1 aromatic heterocycles. The summed E-state index contributed by atoms with van der Waals surface area (Å²) in [6, 6.07) is 7.41. The molecular formula is C16H20N2O4S. The first kappa shape index (κ1) is 15.9. The van der Waals surface area contributed by atoms with Crippen molar-refractivity contribution in [2.75, 3.05) is 7.11 Å². The summed E-state index contributed by atoms with van der Waals surface area (Å²) in [5.74, 6) is 0.230. The number of nitrogens with one attached hydrogen (secondary N) is 1. The van der Waals surface area contributed by atoms with Crippen LogP contribution in [0, 0.1) is 0 Å². The molecule has 0 atom stereocenters. The Bertz CT molecular complexity index is 820. The zero-order valence-corrected chi connectivity index (χ0v) is 13.8. The molecule has 0 spiro atoms. The minimum atomic E-state index is -3.56. The monoisotopic (exact) mass is 336 g/mol. The van der Waals surface area contributed by atoms with E-state index in [2.05, 4.69) is 4.72 Å². The Kier molecular flexibility index (Phi) is 4.30. The number of ether oxygens (including phenoxy) is 1. The van der Waals surface area contributed by atoms with Gasteiger partial charge in [0.1, 0.15) is 12.3 Å². The molecule has 1 amide bonds. The zero-order valence-electron chi connectivity index (χ0n) is 13.0. The van der Waals surface area contributed by atoms with Crippen LogP contribution >= 0.6 is 0 Å². The minimum Gasteiger partial charge on any atom is -0.497 e. The summed E-state index contributed by atoms with van der Waals surface area (Å²) in [4.78, 5) is 12.1. The number of nitrogens with zero attached hydrogens (tertiary/aromatic N) is 1. The third kappa shape index (κ3) is 3.34. The Labute approximate surface area is 135 Å². The second-order valence-electron chi connectivity index (χ2n) is 5.85. The van der Waals surface area contributed by atoms with Crippen molar-refractivity contribution in [3.8, 4) is 5.75 Å². The van der Waals surface area contributed by atoms with Crippen LogP contribution in [0.15, 0.2) is 30.5 Å². The van der Waals surface area contributed by atoms with Gasteiger partial charge in [-0.2, -0.15) is 0 Å². The molecule has 6 nitrogen and oxygen atoms in total. The second-order valence-corrected chi connectivity index (χ2v) is 7.81. The highest BCUT2D eigenvalue weighted by Gasteiger charge is 2.30. The molecule has 7 heteroatoms. The smallest absolute Gasteiger partial charge is 0.253 e. The van der Waals surface area contributed by atoms with Crippen molar-refractivity contribution in [3.05, 3.63) is 30.5 Å². The van der Waals surface area contributed by atoms with Crippen molar-refractivity contribution < 1.29 is 17.9 Å². The normalized spacial score (nSPS) is 15.9. The van der Waals surface area contributed by atoms with Crippen LogP contribution in [0.5, 0.6) is 5.75 Å². The SMILES string of the molecule is COc1ccc2c(ccn2CC(=O)NS(=O)(=O)C2CCCC2)c1. The van der Waals surface area contributed by atoms with Gasteiger partial charge in [-0.05, 0) is 37.1 Å². The van der Waals surface area contributed by atoms with Crippen LogP contribution in [0.3, 0.4) is 0 Å². The lowest BCUT2D eigenvalue weighted by molar-refractivity contribution is -0.119. The molecule has 0 radical (unpaired) electrons. The number of methoxy groups -OCH3 is 1. The number of benzene rings is 1. The zero-order chi connectivity index (χ0) is 16.4. The lowest BCUT2D eigenvalue weighted by atomic mass is 10.2. The van der Waals surface area contributed by atoms with Crippen molar-refractivity contribution in [1.82, 2.24) is 9.29 Å². The number of carbonyl (C=O) groups is 1. The highest BCUT2D eigenvalue weighted by Crippen LogP contribution is 2.24. The van der Waals surface area contributed by atoms with Gasteiger partial charge < -0.3 is 9.30 Å². The van der Waals surface area contributed by atoms with Gasteiger partial charge in [-0.25, -0.2) is 8.42 Å². The number of carbonyl (C=O) groups excluding carboxylic acids is 1. The molecule has 124 valence electrons. The Morgan fingerprint density at radius 1 is 1.30 bits per heavy atom.